The van der Waals surface area contributed by atoms with Gasteiger partial charge < -0.3 is 11.1 Å². The lowest BCUT2D eigenvalue weighted by Gasteiger charge is -2.02. The number of aryl methyl sites for hydroxylation is 1. The fourth-order valence-corrected chi connectivity index (χ4v) is 2.43. The first kappa shape index (κ1) is 14.0. The molecule has 1 aromatic carbocycles. The second-order valence-corrected chi connectivity index (χ2v) is 5.18. The Hall–Kier alpha value is -2.40. The first-order chi connectivity index (χ1) is 9.56. The molecule has 0 aliphatic rings. The zero-order valence-corrected chi connectivity index (χ0v) is 11.7. The third kappa shape index (κ3) is 3.55. The number of hydrogen-bond donors (Lipinski definition) is 2. The van der Waals surface area contributed by atoms with E-state index in [0.717, 1.165) is 10.4 Å². The molecule has 20 heavy (non-hydrogen) atoms. The molecule has 0 spiro atoms. The Morgan fingerprint density at radius 1 is 1.20 bits per heavy atom. The van der Waals surface area contributed by atoms with Crippen molar-refractivity contribution in [3.05, 3.63) is 57.8 Å². The highest BCUT2D eigenvalue weighted by Gasteiger charge is 2.02. The first-order valence-corrected chi connectivity index (χ1v) is 6.87. The number of primary amides is 1. The fraction of sp³-hybridized carbons (Fsp3) is 0.0667. The fourth-order valence-electron chi connectivity index (χ4n) is 1.61. The van der Waals surface area contributed by atoms with Crippen molar-refractivity contribution in [2.24, 2.45) is 5.73 Å². The van der Waals surface area contributed by atoms with Crippen molar-refractivity contribution in [2.45, 2.75) is 6.92 Å². The number of amides is 2. The number of hydrogen-bond acceptors (Lipinski definition) is 3. The van der Waals surface area contributed by atoms with Gasteiger partial charge >= 0.3 is 0 Å². The molecule has 1 aromatic heterocycles. The summed E-state index contributed by atoms with van der Waals surface area (Å²) < 4.78 is 0. The summed E-state index contributed by atoms with van der Waals surface area (Å²) in [4.78, 5) is 23.7. The van der Waals surface area contributed by atoms with Crippen LogP contribution < -0.4 is 11.1 Å². The minimum atomic E-state index is -0.490. The number of benzene rings is 1. The zero-order chi connectivity index (χ0) is 14.5. The summed E-state index contributed by atoms with van der Waals surface area (Å²) in [6, 6.07) is 8.44. The van der Waals surface area contributed by atoms with Crippen molar-refractivity contribution < 1.29 is 9.59 Å². The number of nitrogens with two attached hydrogens (primary N) is 1. The van der Waals surface area contributed by atoms with Crippen LogP contribution in [0.1, 0.15) is 20.8 Å². The quantitative estimate of drug-likeness (QED) is 0.848. The van der Waals surface area contributed by atoms with E-state index in [1.807, 2.05) is 18.4 Å². The molecule has 0 unspecified atom stereocenters. The van der Waals surface area contributed by atoms with Gasteiger partial charge in [0.15, 0.2) is 0 Å². The van der Waals surface area contributed by atoms with E-state index in [2.05, 4.69) is 5.32 Å². The largest absolute Gasteiger partial charge is 0.366 e. The van der Waals surface area contributed by atoms with Gasteiger partial charge in [-0.2, -0.15) is 0 Å². The van der Waals surface area contributed by atoms with Crippen molar-refractivity contribution in [1.82, 2.24) is 0 Å². The van der Waals surface area contributed by atoms with Crippen LogP contribution in [-0.2, 0) is 4.79 Å². The van der Waals surface area contributed by atoms with E-state index in [-0.39, 0.29) is 5.91 Å². The molecular formula is C15H14N2O2S. The Morgan fingerprint density at radius 2 is 1.90 bits per heavy atom. The summed E-state index contributed by atoms with van der Waals surface area (Å²) in [5, 5.41) is 4.70. The van der Waals surface area contributed by atoms with Gasteiger partial charge in [0.05, 0.1) is 0 Å². The second kappa shape index (κ2) is 6.16. The van der Waals surface area contributed by atoms with Crippen LogP contribution in [0, 0.1) is 6.92 Å². The molecule has 0 aliphatic carbocycles. The molecule has 0 aliphatic heterocycles. The van der Waals surface area contributed by atoms with Crippen molar-refractivity contribution in [1.29, 1.82) is 0 Å². The predicted octanol–water partition coefficient (Wildman–Crippen LogP) is 2.81. The van der Waals surface area contributed by atoms with Gasteiger partial charge in [0, 0.05) is 22.2 Å². The van der Waals surface area contributed by atoms with Crippen LogP contribution in [0.15, 0.2) is 41.8 Å². The summed E-state index contributed by atoms with van der Waals surface area (Å²) in [5.41, 5.74) is 7.32. The summed E-state index contributed by atoms with van der Waals surface area (Å²) in [6.45, 7) is 2.00. The molecule has 0 saturated carbocycles. The molecule has 2 amide bonds. The van der Waals surface area contributed by atoms with Gasteiger partial charge in [-0.15, -0.1) is 11.3 Å². The lowest BCUT2D eigenvalue weighted by Crippen LogP contribution is -2.11. The first-order valence-electron chi connectivity index (χ1n) is 5.99. The van der Waals surface area contributed by atoms with Gasteiger partial charge in [0.2, 0.25) is 11.8 Å². The van der Waals surface area contributed by atoms with E-state index in [1.54, 1.807) is 41.7 Å². The summed E-state index contributed by atoms with van der Waals surface area (Å²) in [7, 11) is 0. The minimum absolute atomic E-state index is 0.218. The maximum absolute atomic E-state index is 11.8. The van der Waals surface area contributed by atoms with Crippen molar-refractivity contribution in [2.75, 3.05) is 5.32 Å². The number of carbonyl (C=O) groups excluding carboxylic acids is 2. The Kier molecular flexibility index (Phi) is 4.32. The van der Waals surface area contributed by atoms with E-state index in [4.69, 9.17) is 5.73 Å². The molecule has 2 rings (SSSR count). The molecule has 0 fully saturated rings. The van der Waals surface area contributed by atoms with Crippen molar-refractivity contribution in [3.63, 3.8) is 0 Å². The van der Waals surface area contributed by atoms with Crippen LogP contribution in [0.2, 0.25) is 0 Å². The van der Waals surface area contributed by atoms with Crippen molar-refractivity contribution in [3.8, 4) is 0 Å². The average Bonchev–Trinajstić information content (AvgIpc) is 2.82. The Bertz CT molecular complexity index is 657. The molecule has 3 N–H and O–H groups in total. The SMILES string of the molecule is Cc1ccsc1/C=C/C(=O)Nc1ccc(C(N)=O)cc1. The van der Waals surface area contributed by atoms with Crippen LogP contribution >= 0.6 is 11.3 Å². The molecule has 0 saturated heterocycles. The molecule has 0 bridgehead atoms. The predicted molar refractivity (Wildman–Crippen MR) is 81.7 cm³/mol. The molecule has 0 radical (unpaired) electrons. The second-order valence-electron chi connectivity index (χ2n) is 4.23. The summed E-state index contributed by atoms with van der Waals surface area (Å²) in [6.07, 6.45) is 3.27. The smallest absolute Gasteiger partial charge is 0.248 e. The van der Waals surface area contributed by atoms with Crippen LogP contribution in [-0.4, -0.2) is 11.8 Å². The highest BCUT2D eigenvalue weighted by molar-refractivity contribution is 7.11. The topological polar surface area (TPSA) is 72.2 Å². The van der Waals surface area contributed by atoms with E-state index in [0.29, 0.717) is 11.3 Å². The normalized spacial score (nSPS) is 10.7. The maximum Gasteiger partial charge on any atom is 0.248 e. The summed E-state index contributed by atoms with van der Waals surface area (Å²) >= 11 is 1.58. The maximum atomic E-state index is 11.8. The van der Waals surface area contributed by atoms with Crippen LogP contribution in [0.4, 0.5) is 5.69 Å². The zero-order valence-electron chi connectivity index (χ0n) is 10.9. The molecular weight excluding hydrogens is 272 g/mol. The number of carbonyl (C=O) groups is 2. The number of nitrogens with one attached hydrogen (secondary N) is 1. The highest BCUT2D eigenvalue weighted by Crippen LogP contribution is 2.17. The Morgan fingerprint density at radius 3 is 2.45 bits per heavy atom. The molecule has 5 heteroatoms. The lowest BCUT2D eigenvalue weighted by atomic mass is 10.2. The molecule has 2 aromatic rings. The lowest BCUT2D eigenvalue weighted by molar-refractivity contribution is -0.111. The molecule has 102 valence electrons. The van der Waals surface area contributed by atoms with Crippen LogP contribution in [0.25, 0.3) is 6.08 Å². The standard InChI is InChI=1S/C15H14N2O2S/c1-10-8-9-20-13(10)6-7-14(18)17-12-4-2-11(3-5-12)15(16)19/h2-9H,1H3,(H2,16,19)(H,17,18)/b7-6+. The number of thiophene rings is 1. The van der Waals surface area contributed by atoms with Gasteiger partial charge in [-0.3, -0.25) is 9.59 Å². The van der Waals surface area contributed by atoms with Gasteiger partial charge in [-0.25, -0.2) is 0 Å². The highest BCUT2D eigenvalue weighted by atomic mass is 32.1. The van der Waals surface area contributed by atoms with Gasteiger partial charge in [0.25, 0.3) is 0 Å². The van der Waals surface area contributed by atoms with E-state index >= 15 is 0 Å². The van der Waals surface area contributed by atoms with E-state index in [9.17, 15) is 9.59 Å². The number of rotatable bonds is 4. The monoisotopic (exact) mass is 286 g/mol. The molecule has 1 heterocycles. The van der Waals surface area contributed by atoms with E-state index < -0.39 is 5.91 Å². The number of anilines is 1. The van der Waals surface area contributed by atoms with Gasteiger partial charge in [-0.1, -0.05) is 0 Å². The Balaban J connectivity index is 1.99. The third-order valence-corrected chi connectivity index (χ3v) is 3.71. The minimum Gasteiger partial charge on any atom is -0.366 e. The van der Waals surface area contributed by atoms with Crippen LogP contribution in [0.5, 0.6) is 0 Å². The van der Waals surface area contributed by atoms with Gasteiger partial charge in [-0.05, 0) is 54.3 Å². The average molecular weight is 286 g/mol. The molecule has 0 atom stereocenters. The molecule has 4 nitrogen and oxygen atoms in total. The van der Waals surface area contributed by atoms with Gasteiger partial charge in [0.1, 0.15) is 0 Å². The Labute approximate surface area is 120 Å². The van der Waals surface area contributed by atoms with E-state index in [1.165, 1.54) is 6.08 Å². The van der Waals surface area contributed by atoms with Crippen LogP contribution in [0.3, 0.4) is 0 Å². The van der Waals surface area contributed by atoms with Crippen molar-refractivity contribution >= 4 is 34.9 Å². The summed E-state index contributed by atoms with van der Waals surface area (Å²) in [5.74, 6) is -0.708. The third-order valence-electron chi connectivity index (χ3n) is 2.72.